The van der Waals surface area contributed by atoms with Crippen LogP contribution in [0.4, 0.5) is 0 Å². The van der Waals surface area contributed by atoms with Gasteiger partial charge >= 0.3 is 0 Å². The van der Waals surface area contributed by atoms with Crippen LogP contribution in [0, 0.1) is 11.8 Å². The third kappa shape index (κ3) is 6.41. The molecule has 1 unspecified atom stereocenters. The smallest absolute Gasteiger partial charge is 0.120 e. The highest BCUT2D eigenvalue weighted by molar-refractivity contribution is 9.10. The van der Waals surface area contributed by atoms with Gasteiger partial charge < -0.3 is 15.5 Å². The molecule has 1 aromatic carbocycles. The first-order valence-electron chi connectivity index (χ1n) is 6.82. The van der Waals surface area contributed by atoms with Gasteiger partial charge in [0.15, 0.2) is 0 Å². The molecule has 0 spiro atoms. The Kier molecular flexibility index (Phi) is 7.42. The molecule has 0 saturated heterocycles. The third-order valence-electron chi connectivity index (χ3n) is 3.13. The molecule has 0 fully saturated rings. The van der Waals surface area contributed by atoms with Gasteiger partial charge in [0.25, 0.3) is 0 Å². The molecular formula is C15H24BrNO2. The number of nitrogens with one attached hydrogen (secondary N) is 1. The molecule has 3 N–H and O–H groups in total. The maximum absolute atomic E-state index is 9.75. The lowest BCUT2D eigenvalue weighted by molar-refractivity contribution is 0.239. The largest absolute Gasteiger partial charge is 0.508 e. The first-order valence-corrected chi connectivity index (χ1v) is 7.61. The van der Waals surface area contributed by atoms with Crippen molar-refractivity contribution in [2.24, 2.45) is 11.8 Å². The molecule has 0 amide bonds. The van der Waals surface area contributed by atoms with Crippen molar-refractivity contribution in [2.75, 3.05) is 13.2 Å². The van der Waals surface area contributed by atoms with Gasteiger partial charge in [0.2, 0.25) is 0 Å². The van der Waals surface area contributed by atoms with Gasteiger partial charge in [-0.3, -0.25) is 0 Å². The highest BCUT2D eigenvalue weighted by Gasteiger charge is 2.10. The molecule has 0 heterocycles. The average molecular weight is 330 g/mol. The quantitative estimate of drug-likeness (QED) is 0.686. The van der Waals surface area contributed by atoms with Crippen LogP contribution in [0.3, 0.4) is 0 Å². The van der Waals surface area contributed by atoms with E-state index in [2.05, 4.69) is 35.1 Å². The predicted octanol–water partition coefficient (Wildman–Crippen LogP) is 3.29. The fourth-order valence-corrected chi connectivity index (χ4v) is 2.67. The maximum atomic E-state index is 9.75. The van der Waals surface area contributed by atoms with E-state index in [0.29, 0.717) is 24.1 Å². The molecule has 108 valence electrons. The van der Waals surface area contributed by atoms with E-state index in [-0.39, 0.29) is 6.61 Å². The summed E-state index contributed by atoms with van der Waals surface area (Å²) in [6.07, 6.45) is 1.94. The van der Waals surface area contributed by atoms with E-state index in [9.17, 15) is 5.11 Å². The number of halogens is 1. The molecule has 0 bridgehead atoms. The maximum Gasteiger partial charge on any atom is 0.120 e. The van der Waals surface area contributed by atoms with Crippen molar-refractivity contribution in [3.63, 3.8) is 0 Å². The second-order valence-electron chi connectivity index (χ2n) is 5.41. The second kappa shape index (κ2) is 8.56. The zero-order valence-electron chi connectivity index (χ0n) is 11.7. The number of aliphatic hydroxyl groups is 1. The van der Waals surface area contributed by atoms with Crippen LogP contribution in [0.2, 0.25) is 0 Å². The fourth-order valence-electron chi connectivity index (χ4n) is 2.26. The van der Waals surface area contributed by atoms with Gasteiger partial charge in [0.1, 0.15) is 5.75 Å². The summed E-state index contributed by atoms with van der Waals surface area (Å²) >= 11 is 3.40. The van der Waals surface area contributed by atoms with Crippen LogP contribution < -0.4 is 5.32 Å². The van der Waals surface area contributed by atoms with Gasteiger partial charge in [0, 0.05) is 23.2 Å². The first kappa shape index (κ1) is 16.5. The minimum absolute atomic E-state index is 0.237. The number of phenols is 1. The molecule has 0 aliphatic carbocycles. The molecule has 0 saturated carbocycles. The molecule has 0 aliphatic rings. The van der Waals surface area contributed by atoms with Crippen LogP contribution >= 0.6 is 15.9 Å². The molecule has 4 heteroatoms. The highest BCUT2D eigenvalue weighted by Crippen LogP contribution is 2.22. The van der Waals surface area contributed by atoms with Crippen molar-refractivity contribution in [1.29, 1.82) is 0 Å². The van der Waals surface area contributed by atoms with Crippen molar-refractivity contribution < 1.29 is 10.2 Å². The highest BCUT2D eigenvalue weighted by atomic mass is 79.9. The Bertz CT molecular complexity index is 382. The van der Waals surface area contributed by atoms with Crippen molar-refractivity contribution >= 4 is 15.9 Å². The predicted molar refractivity (Wildman–Crippen MR) is 82.2 cm³/mol. The summed E-state index contributed by atoms with van der Waals surface area (Å²) in [5.74, 6) is 1.44. The topological polar surface area (TPSA) is 52.5 Å². The summed E-state index contributed by atoms with van der Waals surface area (Å²) in [5, 5.41) is 22.2. The minimum atomic E-state index is 0.237. The number of hydrogen-bond acceptors (Lipinski definition) is 3. The van der Waals surface area contributed by atoms with E-state index in [1.54, 1.807) is 6.07 Å². The van der Waals surface area contributed by atoms with Gasteiger partial charge in [-0.2, -0.15) is 0 Å². The fraction of sp³-hybridized carbons (Fsp3) is 0.600. The average Bonchev–Trinajstić information content (AvgIpc) is 2.33. The van der Waals surface area contributed by atoms with E-state index in [1.807, 2.05) is 12.1 Å². The monoisotopic (exact) mass is 329 g/mol. The minimum Gasteiger partial charge on any atom is -0.508 e. The number of benzene rings is 1. The zero-order chi connectivity index (χ0) is 14.3. The SMILES string of the molecule is CC(C)CC(CCO)CNCc1cc(Br)ccc1O. The molecular weight excluding hydrogens is 306 g/mol. The molecule has 19 heavy (non-hydrogen) atoms. The Labute approximate surface area is 124 Å². The van der Waals surface area contributed by atoms with E-state index >= 15 is 0 Å². The Balaban J connectivity index is 2.44. The molecule has 0 radical (unpaired) electrons. The molecule has 1 aromatic rings. The van der Waals surface area contributed by atoms with Crippen molar-refractivity contribution in [3.8, 4) is 5.75 Å². The first-order chi connectivity index (χ1) is 9.02. The summed E-state index contributed by atoms with van der Waals surface area (Å²) in [5.41, 5.74) is 0.890. The summed E-state index contributed by atoms with van der Waals surface area (Å²) in [4.78, 5) is 0. The van der Waals surface area contributed by atoms with Gasteiger partial charge in [-0.1, -0.05) is 29.8 Å². The van der Waals surface area contributed by atoms with Crippen LogP contribution in [0.15, 0.2) is 22.7 Å². The summed E-state index contributed by atoms with van der Waals surface area (Å²) < 4.78 is 0.969. The summed E-state index contributed by atoms with van der Waals surface area (Å²) in [7, 11) is 0. The third-order valence-corrected chi connectivity index (χ3v) is 3.63. The van der Waals surface area contributed by atoms with Gasteiger partial charge in [-0.15, -0.1) is 0 Å². The lowest BCUT2D eigenvalue weighted by Gasteiger charge is -2.19. The van der Waals surface area contributed by atoms with Crippen LogP contribution in [0.25, 0.3) is 0 Å². The zero-order valence-corrected chi connectivity index (χ0v) is 13.3. The van der Waals surface area contributed by atoms with E-state index in [4.69, 9.17) is 5.11 Å². The number of hydrogen-bond donors (Lipinski definition) is 3. The van der Waals surface area contributed by atoms with E-state index < -0.39 is 0 Å². The van der Waals surface area contributed by atoms with Gasteiger partial charge in [-0.05, 0) is 49.4 Å². The van der Waals surface area contributed by atoms with Crippen LogP contribution in [-0.2, 0) is 6.54 Å². The van der Waals surface area contributed by atoms with Crippen LogP contribution in [0.5, 0.6) is 5.75 Å². The Morgan fingerprint density at radius 1 is 1.32 bits per heavy atom. The van der Waals surface area contributed by atoms with Crippen molar-refractivity contribution in [1.82, 2.24) is 5.32 Å². The van der Waals surface area contributed by atoms with Gasteiger partial charge in [0.05, 0.1) is 0 Å². The summed E-state index contributed by atoms with van der Waals surface area (Å²) in [6, 6.07) is 5.44. The molecule has 3 nitrogen and oxygen atoms in total. The standard InChI is InChI=1S/C15H24BrNO2/c1-11(2)7-12(5-6-18)9-17-10-13-8-14(16)3-4-15(13)19/h3-4,8,11-12,17-19H,5-7,9-10H2,1-2H3. The second-order valence-corrected chi connectivity index (χ2v) is 6.33. The van der Waals surface area contributed by atoms with Crippen LogP contribution in [0.1, 0.15) is 32.3 Å². The van der Waals surface area contributed by atoms with Crippen molar-refractivity contribution in [3.05, 3.63) is 28.2 Å². The number of phenolic OH excluding ortho intramolecular Hbond substituents is 1. The Morgan fingerprint density at radius 2 is 2.05 bits per heavy atom. The normalized spacial score (nSPS) is 12.9. The van der Waals surface area contributed by atoms with Gasteiger partial charge in [-0.25, -0.2) is 0 Å². The van der Waals surface area contributed by atoms with E-state index in [1.165, 1.54) is 0 Å². The number of aliphatic hydroxyl groups excluding tert-OH is 1. The lowest BCUT2D eigenvalue weighted by Crippen LogP contribution is -2.24. The molecule has 1 rings (SSSR count). The Hall–Kier alpha value is -0.580. The molecule has 1 atom stereocenters. The Morgan fingerprint density at radius 3 is 2.68 bits per heavy atom. The number of aromatic hydroxyl groups is 1. The molecule has 0 aromatic heterocycles. The number of rotatable bonds is 8. The lowest BCUT2D eigenvalue weighted by atomic mass is 9.94. The summed E-state index contributed by atoms with van der Waals surface area (Å²) in [6.45, 7) is 6.15. The van der Waals surface area contributed by atoms with E-state index in [0.717, 1.165) is 29.4 Å². The van der Waals surface area contributed by atoms with Crippen LogP contribution in [-0.4, -0.2) is 23.4 Å². The van der Waals surface area contributed by atoms with Crippen molar-refractivity contribution in [2.45, 2.75) is 33.2 Å². The molecule has 0 aliphatic heterocycles.